The minimum atomic E-state index is -0.111. The molecule has 2 N–H and O–H groups in total. The van der Waals surface area contributed by atoms with Gasteiger partial charge in [-0.25, -0.2) is 0 Å². The molecule has 0 spiro atoms. The maximum atomic E-state index is 10.9. The molecule has 6 heteroatoms. The van der Waals surface area contributed by atoms with E-state index in [1.807, 2.05) is 12.1 Å². The fraction of sp³-hybridized carbons (Fsp3) is 0.214. The normalized spacial score (nSPS) is 9.90. The number of carbonyl (C=O) groups is 1. The highest BCUT2D eigenvalue weighted by atomic mass is 16.1. The van der Waals surface area contributed by atoms with Crippen LogP contribution < -0.4 is 10.6 Å². The molecule has 0 saturated heterocycles. The molecule has 0 saturated carbocycles. The predicted molar refractivity (Wildman–Crippen MR) is 76.7 cm³/mol. The topological polar surface area (TPSA) is 82.7 Å². The number of nitrogens with one attached hydrogen (secondary N) is 2. The molecule has 0 atom stereocenters. The fourth-order valence-electron chi connectivity index (χ4n) is 1.91. The van der Waals surface area contributed by atoms with Crippen molar-refractivity contribution in [1.82, 2.24) is 9.78 Å². The Balaban J connectivity index is 2.23. The predicted octanol–water partition coefficient (Wildman–Crippen LogP) is 2.30. The van der Waals surface area contributed by atoms with Crippen LogP contribution in [0.15, 0.2) is 24.3 Å². The highest BCUT2D eigenvalue weighted by molar-refractivity contribution is 5.88. The van der Waals surface area contributed by atoms with Gasteiger partial charge in [0.25, 0.3) is 0 Å². The smallest absolute Gasteiger partial charge is 0.221 e. The largest absolute Gasteiger partial charge is 0.339 e. The molecule has 0 radical (unpaired) electrons. The molecule has 0 fully saturated rings. The summed E-state index contributed by atoms with van der Waals surface area (Å²) in [5, 5.41) is 19.2. The van der Waals surface area contributed by atoms with Gasteiger partial charge < -0.3 is 10.6 Å². The summed E-state index contributed by atoms with van der Waals surface area (Å²) in [6.45, 7) is 3.26. The maximum Gasteiger partial charge on any atom is 0.221 e. The molecule has 6 nitrogen and oxygen atoms in total. The molecule has 102 valence electrons. The lowest BCUT2D eigenvalue weighted by atomic mass is 10.2. The van der Waals surface area contributed by atoms with Gasteiger partial charge in [-0.15, -0.1) is 0 Å². The summed E-state index contributed by atoms with van der Waals surface area (Å²) < 4.78 is 1.63. The van der Waals surface area contributed by atoms with Gasteiger partial charge in [0, 0.05) is 25.3 Å². The number of amides is 1. The van der Waals surface area contributed by atoms with E-state index < -0.39 is 0 Å². The van der Waals surface area contributed by atoms with Crippen LogP contribution >= 0.6 is 0 Å². The van der Waals surface area contributed by atoms with Crippen LogP contribution in [0.5, 0.6) is 0 Å². The molecule has 2 rings (SSSR count). The Bertz CT molecular complexity index is 679. The Morgan fingerprint density at radius 2 is 1.90 bits per heavy atom. The quantitative estimate of drug-likeness (QED) is 0.895. The maximum absolute atomic E-state index is 10.9. The first-order chi connectivity index (χ1) is 9.51. The van der Waals surface area contributed by atoms with Gasteiger partial charge in [0.15, 0.2) is 0 Å². The molecule has 1 heterocycles. The van der Waals surface area contributed by atoms with E-state index in [0.29, 0.717) is 17.1 Å². The van der Waals surface area contributed by atoms with Crippen molar-refractivity contribution >= 4 is 23.1 Å². The third-order valence-electron chi connectivity index (χ3n) is 2.80. The zero-order valence-electron chi connectivity index (χ0n) is 11.6. The van der Waals surface area contributed by atoms with E-state index in [-0.39, 0.29) is 5.91 Å². The average Bonchev–Trinajstić information content (AvgIpc) is 2.65. The summed E-state index contributed by atoms with van der Waals surface area (Å²) in [6, 6.07) is 9.38. The van der Waals surface area contributed by atoms with Gasteiger partial charge in [-0.05, 0) is 31.2 Å². The van der Waals surface area contributed by atoms with Gasteiger partial charge in [0.2, 0.25) is 5.91 Å². The second-order valence-corrected chi connectivity index (χ2v) is 4.43. The number of benzene rings is 1. The van der Waals surface area contributed by atoms with E-state index in [9.17, 15) is 4.79 Å². The first kappa shape index (κ1) is 13.6. The molecule has 0 aliphatic rings. The molecule has 0 aliphatic carbocycles. The Morgan fingerprint density at radius 1 is 1.30 bits per heavy atom. The van der Waals surface area contributed by atoms with Crippen LogP contribution in [0, 0.1) is 18.3 Å². The number of carbonyl (C=O) groups excluding carboxylic acids is 1. The monoisotopic (exact) mass is 269 g/mol. The van der Waals surface area contributed by atoms with Gasteiger partial charge in [0.1, 0.15) is 17.5 Å². The van der Waals surface area contributed by atoms with Gasteiger partial charge in [-0.1, -0.05) is 0 Å². The molecule has 0 aliphatic heterocycles. The first-order valence-corrected chi connectivity index (χ1v) is 6.09. The van der Waals surface area contributed by atoms with E-state index >= 15 is 0 Å². The standard InChI is InChI=1S/C14H15N5O/c1-9-13(8-15)14(19(3)18-9)17-12-6-4-11(5-7-12)16-10(2)20/h4-7,17H,1-3H3,(H,16,20). The third-order valence-corrected chi connectivity index (χ3v) is 2.80. The van der Waals surface area contributed by atoms with Crippen LogP contribution in [0.4, 0.5) is 17.2 Å². The highest BCUT2D eigenvalue weighted by Gasteiger charge is 2.12. The third kappa shape index (κ3) is 2.78. The van der Waals surface area contributed by atoms with E-state index in [4.69, 9.17) is 5.26 Å². The summed E-state index contributed by atoms with van der Waals surface area (Å²) in [7, 11) is 1.78. The van der Waals surface area contributed by atoms with Crippen molar-refractivity contribution in [3.05, 3.63) is 35.5 Å². The van der Waals surface area contributed by atoms with E-state index in [2.05, 4.69) is 21.8 Å². The van der Waals surface area contributed by atoms with Gasteiger partial charge >= 0.3 is 0 Å². The highest BCUT2D eigenvalue weighted by Crippen LogP contribution is 2.23. The van der Waals surface area contributed by atoms with Crippen LogP contribution in [-0.4, -0.2) is 15.7 Å². The first-order valence-electron chi connectivity index (χ1n) is 6.09. The lowest BCUT2D eigenvalue weighted by molar-refractivity contribution is -0.114. The zero-order valence-corrected chi connectivity index (χ0v) is 11.6. The Labute approximate surface area is 117 Å². The molecule has 1 amide bonds. The molecule has 1 aromatic carbocycles. The molecule has 20 heavy (non-hydrogen) atoms. The summed E-state index contributed by atoms with van der Waals surface area (Å²) in [6.07, 6.45) is 0. The van der Waals surface area contributed by atoms with Crippen molar-refractivity contribution in [2.45, 2.75) is 13.8 Å². The summed E-state index contributed by atoms with van der Waals surface area (Å²) in [4.78, 5) is 10.9. The number of rotatable bonds is 3. The number of anilines is 3. The van der Waals surface area contributed by atoms with Crippen molar-refractivity contribution in [2.75, 3.05) is 10.6 Å². The lowest BCUT2D eigenvalue weighted by Crippen LogP contribution is -2.05. The summed E-state index contributed by atoms with van der Waals surface area (Å²) in [5.41, 5.74) is 2.76. The second-order valence-electron chi connectivity index (χ2n) is 4.43. The summed E-state index contributed by atoms with van der Waals surface area (Å²) in [5.74, 6) is 0.539. The van der Waals surface area contributed by atoms with E-state index in [1.54, 1.807) is 30.8 Å². The van der Waals surface area contributed by atoms with Gasteiger partial charge in [0.05, 0.1) is 5.69 Å². The second kappa shape index (κ2) is 5.45. The number of hydrogen-bond acceptors (Lipinski definition) is 4. The molecular weight excluding hydrogens is 254 g/mol. The van der Waals surface area contributed by atoms with Crippen LogP contribution in [0.2, 0.25) is 0 Å². The van der Waals surface area contributed by atoms with E-state index in [0.717, 1.165) is 11.4 Å². The Kier molecular flexibility index (Phi) is 3.71. The van der Waals surface area contributed by atoms with Crippen molar-refractivity contribution in [3.8, 4) is 6.07 Å². The molecule has 2 aromatic rings. The van der Waals surface area contributed by atoms with Gasteiger partial charge in [-0.3, -0.25) is 9.48 Å². The molecular formula is C14H15N5O. The molecule has 0 bridgehead atoms. The molecule has 1 aromatic heterocycles. The minimum absolute atomic E-state index is 0.111. The zero-order chi connectivity index (χ0) is 14.7. The average molecular weight is 269 g/mol. The number of nitriles is 1. The van der Waals surface area contributed by atoms with Crippen molar-refractivity contribution in [3.63, 3.8) is 0 Å². The number of aromatic nitrogens is 2. The van der Waals surface area contributed by atoms with Crippen molar-refractivity contribution in [1.29, 1.82) is 5.26 Å². The van der Waals surface area contributed by atoms with Gasteiger partial charge in [-0.2, -0.15) is 10.4 Å². The van der Waals surface area contributed by atoms with E-state index in [1.165, 1.54) is 6.92 Å². The van der Waals surface area contributed by atoms with Crippen molar-refractivity contribution in [2.24, 2.45) is 7.05 Å². The van der Waals surface area contributed by atoms with Crippen molar-refractivity contribution < 1.29 is 4.79 Å². The Morgan fingerprint density at radius 3 is 2.45 bits per heavy atom. The molecule has 0 unspecified atom stereocenters. The lowest BCUT2D eigenvalue weighted by Gasteiger charge is -2.08. The fourth-order valence-corrected chi connectivity index (χ4v) is 1.91. The SMILES string of the molecule is CC(=O)Nc1ccc(Nc2c(C#N)c(C)nn2C)cc1. The summed E-state index contributed by atoms with van der Waals surface area (Å²) >= 11 is 0. The minimum Gasteiger partial charge on any atom is -0.339 e. The Hall–Kier alpha value is -2.81. The van der Waals surface area contributed by atoms with Crippen LogP contribution in [0.1, 0.15) is 18.2 Å². The van der Waals surface area contributed by atoms with Crippen LogP contribution in [0.3, 0.4) is 0 Å². The number of hydrogen-bond donors (Lipinski definition) is 2. The van der Waals surface area contributed by atoms with Crippen LogP contribution in [0.25, 0.3) is 0 Å². The number of aryl methyl sites for hydroxylation is 2. The number of nitrogens with zero attached hydrogens (tertiary/aromatic N) is 3. The van der Waals surface area contributed by atoms with Crippen LogP contribution in [-0.2, 0) is 11.8 Å².